The number of ether oxygens (including phenoxy) is 1. The Morgan fingerprint density at radius 1 is 1.14 bits per heavy atom. The topological polar surface area (TPSA) is 76.4 Å². The van der Waals surface area contributed by atoms with Crippen LogP contribution in [0.25, 0.3) is 5.69 Å². The predicted molar refractivity (Wildman–Crippen MR) is 127 cm³/mol. The fourth-order valence-corrected chi connectivity index (χ4v) is 3.41. The molecule has 0 aliphatic heterocycles. The van der Waals surface area contributed by atoms with E-state index in [0.29, 0.717) is 12.6 Å². The number of hydrogen-bond acceptors (Lipinski definition) is 4. The van der Waals surface area contributed by atoms with Crippen LogP contribution in [0.1, 0.15) is 51.0 Å². The number of hydrogen-bond donors (Lipinski definition) is 2. The minimum Gasteiger partial charge on any atom is -0.376 e. The predicted octanol–water partition coefficient (Wildman–Crippen LogP) is 3.68. The SMILES string of the molecule is CCNC(=NCc1ccc(-n2cncn2)cc1)NCCOC1CCCCCC1.I. The summed E-state index contributed by atoms with van der Waals surface area (Å²) in [6.07, 6.45) is 11.4. The van der Waals surface area contributed by atoms with Crippen molar-refractivity contribution in [2.75, 3.05) is 19.7 Å². The molecular weight excluding hydrogens is 479 g/mol. The standard InChI is InChI=1S/C21H32N6O.HI/c1-2-23-21(24-13-14-28-20-7-5-3-4-6-8-20)25-15-18-9-11-19(12-10-18)27-17-22-16-26-27;/h9-12,16-17,20H,2-8,13-15H2,1H3,(H2,23,24,25);1H. The molecule has 8 heteroatoms. The van der Waals surface area contributed by atoms with E-state index in [1.165, 1.54) is 44.9 Å². The molecule has 0 amide bonds. The first kappa shape index (κ1) is 23.6. The highest BCUT2D eigenvalue weighted by Crippen LogP contribution is 2.19. The third kappa shape index (κ3) is 8.30. The number of guanidine groups is 1. The summed E-state index contributed by atoms with van der Waals surface area (Å²) in [5, 5.41) is 10.8. The van der Waals surface area contributed by atoms with Crippen LogP contribution in [0.5, 0.6) is 0 Å². The smallest absolute Gasteiger partial charge is 0.191 e. The van der Waals surface area contributed by atoms with Gasteiger partial charge in [-0.25, -0.2) is 14.7 Å². The van der Waals surface area contributed by atoms with Crippen molar-refractivity contribution in [2.24, 2.45) is 4.99 Å². The number of nitrogens with zero attached hydrogens (tertiary/aromatic N) is 4. The molecule has 1 aromatic heterocycles. The minimum absolute atomic E-state index is 0. The molecule has 3 rings (SSSR count). The Labute approximate surface area is 190 Å². The van der Waals surface area contributed by atoms with E-state index in [-0.39, 0.29) is 24.0 Å². The Hall–Kier alpha value is -1.68. The van der Waals surface area contributed by atoms with Gasteiger partial charge in [-0.15, -0.1) is 24.0 Å². The quantitative estimate of drug-likeness (QED) is 0.186. The van der Waals surface area contributed by atoms with Gasteiger partial charge < -0.3 is 15.4 Å². The molecule has 1 heterocycles. The zero-order valence-corrected chi connectivity index (χ0v) is 19.5. The third-order valence-electron chi connectivity index (χ3n) is 4.93. The van der Waals surface area contributed by atoms with Crippen LogP contribution >= 0.6 is 24.0 Å². The molecule has 0 atom stereocenters. The zero-order valence-electron chi connectivity index (χ0n) is 17.2. The molecule has 1 aliphatic rings. The molecular formula is C21H33IN6O. The van der Waals surface area contributed by atoms with E-state index in [1.807, 2.05) is 12.1 Å². The first-order valence-electron chi connectivity index (χ1n) is 10.4. The molecule has 29 heavy (non-hydrogen) atoms. The van der Waals surface area contributed by atoms with Crippen molar-refractivity contribution in [1.29, 1.82) is 0 Å². The number of aliphatic imine (C=N–C) groups is 1. The maximum Gasteiger partial charge on any atom is 0.191 e. The number of benzene rings is 1. The van der Waals surface area contributed by atoms with Crippen molar-refractivity contribution in [3.05, 3.63) is 42.5 Å². The van der Waals surface area contributed by atoms with Crippen LogP contribution in [0.3, 0.4) is 0 Å². The monoisotopic (exact) mass is 512 g/mol. The first-order valence-corrected chi connectivity index (χ1v) is 10.4. The highest BCUT2D eigenvalue weighted by atomic mass is 127. The molecule has 1 aromatic carbocycles. The number of aromatic nitrogens is 3. The van der Waals surface area contributed by atoms with E-state index in [4.69, 9.17) is 4.74 Å². The molecule has 1 saturated carbocycles. The van der Waals surface area contributed by atoms with Crippen molar-refractivity contribution < 1.29 is 4.74 Å². The molecule has 0 spiro atoms. The van der Waals surface area contributed by atoms with E-state index >= 15 is 0 Å². The van der Waals surface area contributed by atoms with Crippen LogP contribution in [0.4, 0.5) is 0 Å². The number of rotatable bonds is 8. The van der Waals surface area contributed by atoms with Gasteiger partial charge in [-0.3, -0.25) is 0 Å². The molecule has 0 radical (unpaired) electrons. The average molecular weight is 512 g/mol. The van der Waals surface area contributed by atoms with Crippen LogP contribution in [-0.2, 0) is 11.3 Å². The lowest BCUT2D eigenvalue weighted by atomic mass is 10.1. The second kappa shape index (κ2) is 13.5. The average Bonchev–Trinajstić information content (AvgIpc) is 3.14. The van der Waals surface area contributed by atoms with Crippen molar-refractivity contribution in [3.63, 3.8) is 0 Å². The second-order valence-corrected chi connectivity index (χ2v) is 7.11. The third-order valence-corrected chi connectivity index (χ3v) is 4.93. The molecule has 0 saturated heterocycles. The van der Waals surface area contributed by atoms with Crippen LogP contribution < -0.4 is 10.6 Å². The maximum atomic E-state index is 6.04. The molecule has 0 bridgehead atoms. The Bertz CT molecular complexity index is 696. The van der Waals surface area contributed by atoms with Crippen LogP contribution in [0.2, 0.25) is 0 Å². The zero-order chi connectivity index (χ0) is 19.4. The number of nitrogens with one attached hydrogen (secondary N) is 2. The summed E-state index contributed by atoms with van der Waals surface area (Å²) in [7, 11) is 0. The van der Waals surface area contributed by atoms with Gasteiger partial charge in [-0.1, -0.05) is 37.8 Å². The summed E-state index contributed by atoms with van der Waals surface area (Å²) >= 11 is 0. The van der Waals surface area contributed by atoms with Gasteiger partial charge in [0.15, 0.2) is 5.96 Å². The highest BCUT2D eigenvalue weighted by Gasteiger charge is 2.12. The highest BCUT2D eigenvalue weighted by molar-refractivity contribution is 14.0. The van der Waals surface area contributed by atoms with E-state index < -0.39 is 0 Å². The van der Waals surface area contributed by atoms with E-state index in [2.05, 4.69) is 44.8 Å². The molecule has 160 valence electrons. The lowest BCUT2D eigenvalue weighted by Crippen LogP contribution is -2.39. The minimum atomic E-state index is 0. The Morgan fingerprint density at radius 3 is 2.55 bits per heavy atom. The van der Waals surface area contributed by atoms with Gasteiger partial charge in [0.2, 0.25) is 0 Å². The van der Waals surface area contributed by atoms with E-state index in [0.717, 1.165) is 36.9 Å². The molecule has 1 fully saturated rings. The van der Waals surface area contributed by atoms with Gasteiger partial charge in [-0.05, 0) is 37.5 Å². The summed E-state index contributed by atoms with van der Waals surface area (Å²) < 4.78 is 7.79. The van der Waals surface area contributed by atoms with E-state index in [1.54, 1.807) is 11.0 Å². The van der Waals surface area contributed by atoms with Gasteiger partial charge in [0.05, 0.1) is 24.9 Å². The molecule has 2 N–H and O–H groups in total. The van der Waals surface area contributed by atoms with Gasteiger partial charge >= 0.3 is 0 Å². The second-order valence-electron chi connectivity index (χ2n) is 7.11. The largest absolute Gasteiger partial charge is 0.376 e. The summed E-state index contributed by atoms with van der Waals surface area (Å²) in [5.41, 5.74) is 2.14. The Balaban J connectivity index is 0.00000300. The summed E-state index contributed by atoms with van der Waals surface area (Å²) in [5.74, 6) is 0.826. The maximum absolute atomic E-state index is 6.04. The van der Waals surface area contributed by atoms with E-state index in [9.17, 15) is 0 Å². The normalized spacial score (nSPS) is 15.4. The summed E-state index contributed by atoms with van der Waals surface area (Å²) in [6, 6.07) is 8.19. The lowest BCUT2D eigenvalue weighted by molar-refractivity contribution is 0.0468. The molecule has 2 aromatic rings. The van der Waals surface area contributed by atoms with Crippen molar-refractivity contribution in [2.45, 2.75) is 58.1 Å². The van der Waals surface area contributed by atoms with Gasteiger partial charge in [0.1, 0.15) is 12.7 Å². The summed E-state index contributed by atoms with van der Waals surface area (Å²) in [4.78, 5) is 8.65. The van der Waals surface area contributed by atoms with Crippen LogP contribution in [0, 0.1) is 0 Å². The number of halogens is 1. The Kier molecular flexibility index (Phi) is 11.0. The Morgan fingerprint density at radius 2 is 1.90 bits per heavy atom. The van der Waals surface area contributed by atoms with Gasteiger partial charge in [-0.2, -0.15) is 5.10 Å². The molecule has 7 nitrogen and oxygen atoms in total. The fourth-order valence-electron chi connectivity index (χ4n) is 3.41. The van der Waals surface area contributed by atoms with Gasteiger partial charge in [0.25, 0.3) is 0 Å². The van der Waals surface area contributed by atoms with Crippen LogP contribution in [0.15, 0.2) is 41.9 Å². The van der Waals surface area contributed by atoms with Crippen molar-refractivity contribution in [3.8, 4) is 5.69 Å². The first-order chi connectivity index (χ1) is 13.8. The van der Waals surface area contributed by atoms with Crippen molar-refractivity contribution in [1.82, 2.24) is 25.4 Å². The van der Waals surface area contributed by atoms with Crippen LogP contribution in [-0.4, -0.2) is 46.5 Å². The molecule has 1 aliphatic carbocycles. The summed E-state index contributed by atoms with van der Waals surface area (Å²) in [6.45, 7) is 5.03. The lowest BCUT2D eigenvalue weighted by Gasteiger charge is -2.16. The molecule has 0 unspecified atom stereocenters. The van der Waals surface area contributed by atoms with Gasteiger partial charge in [0, 0.05) is 13.1 Å². The van der Waals surface area contributed by atoms with Crippen molar-refractivity contribution >= 4 is 29.9 Å². The fraction of sp³-hybridized carbons (Fsp3) is 0.571.